The number of sulfonamides is 1. The number of amides is 1. The highest BCUT2D eigenvalue weighted by atomic mass is 32.2. The number of nitro benzene ring substituents is 1. The maximum atomic E-state index is 13.4. The van der Waals surface area contributed by atoms with Crippen molar-refractivity contribution in [1.82, 2.24) is 19.4 Å². The molecule has 1 saturated heterocycles. The van der Waals surface area contributed by atoms with E-state index in [0.29, 0.717) is 12.1 Å². The van der Waals surface area contributed by atoms with E-state index < -0.39 is 14.9 Å². The predicted octanol–water partition coefficient (Wildman–Crippen LogP) is 2.88. The summed E-state index contributed by atoms with van der Waals surface area (Å²) in [6.07, 6.45) is 0. The number of benzene rings is 1. The number of carbonyl (C=O) groups excluding carboxylic acids is 1. The van der Waals surface area contributed by atoms with Gasteiger partial charge < -0.3 is 14.8 Å². The van der Waals surface area contributed by atoms with Gasteiger partial charge in [-0.05, 0) is 32.8 Å². The molecule has 0 spiro atoms. The lowest BCUT2D eigenvalue weighted by atomic mass is 10.2. The second kappa shape index (κ2) is 10.7. The molecule has 192 valence electrons. The number of rotatable bonds is 9. The average molecular weight is 510 g/mol. The second-order valence-corrected chi connectivity index (χ2v) is 10.8. The summed E-state index contributed by atoms with van der Waals surface area (Å²) in [6, 6.07) is 3.20. The Labute approximate surface area is 204 Å². The lowest BCUT2D eigenvalue weighted by Crippen LogP contribution is -2.40. The molecular weight excluding hydrogens is 478 g/mol. The van der Waals surface area contributed by atoms with Gasteiger partial charge in [-0.2, -0.15) is 9.40 Å². The lowest BCUT2D eigenvalue weighted by molar-refractivity contribution is -0.385. The number of nitrogens with one attached hydrogen (secondary N) is 1. The molecule has 35 heavy (non-hydrogen) atoms. The summed E-state index contributed by atoms with van der Waals surface area (Å²) >= 11 is 0. The summed E-state index contributed by atoms with van der Waals surface area (Å²) in [4.78, 5) is 23.1. The molecule has 1 aliphatic rings. The van der Waals surface area contributed by atoms with Gasteiger partial charge in [0, 0.05) is 37.3 Å². The predicted molar refractivity (Wildman–Crippen MR) is 127 cm³/mol. The molecule has 1 aromatic heterocycles. The first-order chi connectivity index (χ1) is 16.4. The van der Waals surface area contributed by atoms with Crippen molar-refractivity contribution >= 4 is 21.6 Å². The van der Waals surface area contributed by atoms with Crippen molar-refractivity contribution in [3.63, 3.8) is 0 Å². The second-order valence-electron chi connectivity index (χ2n) is 8.93. The average Bonchev–Trinajstić information content (AvgIpc) is 3.14. The molecule has 0 unspecified atom stereocenters. The number of ether oxygens (including phenoxy) is 2. The summed E-state index contributed by atoms with van der Waals surface area (Å²) in [5, 5.41) is 18.6. The fourth-order valence-electron chi connectivity index (χ4n) is 3.50. The molecule has 0 saturated carbocycles. The SMILES string of the molecule is Cc1c(C(=O)NCC(C)C)nn(C(C)C)c1Oc1ccc([N+](=O)[O-])cc1S(=O)(=O)N1CCOCC1. The highest BCUT2D eigenvalue weighted by Crippen LogP contribution is 2.37. The van der Waals surface area contributed by atoms with Gasteiger partial charge in [-0.15, -0.1) is 0 Å². The van der Waals surface area contributed by atoms with Crippen LogP contribution in [0.15, 0.2) is 23.1 Å². The Morgan fingerprint density at radius 3 is 2.49 bits per heavy atom. The molecular formula is C22H31N5O7S. The molecule has 1 N–H and O–H groups in total. The van der Waals surface area contributed by atoms with Crippen LogP contribution in [0.1, 0.15) is 49.8 Å². The number of nitrogens with zero attached hydrogens (tertiary/aromatic N) is 4. The minimum absolute atomic E-state index is 0.0962. The Bertz CT molecular complexity index is 1200. The largest absolute Gasteiger partial charge is 0.438 e. The van der Waals surface area contributed by atoms with E-state index in [4.69, 9.17) is 9.47 Å². The van der Waals surface area contributed by atoms with E-state index in [-0.39, 0.29) is 72.1 Å². The molecule has 0 aliphatic carbocycles. The maximum absolute atomic E-state index is 13.4. The minimum atomic E-state index is -4.13. The highest BCUT2D eigenvalue weighted by molar-refractivity contribution is 7.89. The molecule has 1 aromatic carbocycles. The van der Waals surface area contributed by atoms with E-state index in [2.05, 4.69) is 10.4 Å². The van der Waals surface area contributed by atoms with Crippen molar-refractivity contribution in [2.75, 3.05) is 32.8 Å². The number of non-ortho nitro benzene ring substituents is 1. The van der Waals surface area contributed by atoms with Crippen molar-refractivity contribution in [3.05, 3.63) is 39.6 Å². The fraction of sp³-hybridized carbons (Fsp3) is 0.545. The molecule has 1 fully saturated rings. The van der Waals surface area contributed by atoms with Crippen molar-refractivity contribution in [2.24, 2.45) is 5.92 Å². The monoisotopic (exact) mass is 509 g/mol. The Hall–Kier alpha value is -3.03. The van der Waals surface area contributed by atoms with Crippen LogP contribution < -0.4 is 10.1 Å². The van der Waals surface area contributed by atoms with Gasteiger partial charge in [0.25, 0.3) is 11.6 Å². The Balaban J connectivity index is 2.08. The van der Waals surface area contributed by atoms with Gasteiger partial charge in [0.2, 0.25) is 15.9 Å². The van der Waals surface area contributed by atoms with Crippen LogP contribution in [0, 0.1) is 23.0 Å². The molecule has 13 heteroatoms. The zero-order valence-electron chi connectivity index (χ0n) is 20.5. The molecule has 3 rings (SSSR count). The van der Waals surface area contributed by atoms with Crippen molar-refractivity contribution < 1.29 is 27.6 Å². The summed E-state index contributed by atoms with van der Waals surface area (Å²) in [5.41, 5.74) is 0.203. The van der Waals surface area contributed by atoms with Crippen molar-refractivity contribution in [1.29, 1.82) is 0 Å². The smallest absolute Gasteiger partial charge is 0.272 e. The Morgan fingerprint density at radius 1 is 1.26 bits per heavy atom. The molecule has 12 nitrogen and oxygen atoms in total. The molecule has 1 amide bonds. The standard InChI is InChI=1S/C22H31N5O7S/c1-14(2)13-23-21(28)20-16(5)22(26(24-20)15(3)4)34-18-7-6-17(27(29)30)12-19(18)35(31,32)25-8-10-33-11-9-25/h6-7,12,14-15H,8-11,13H2,1-5H3,(H,23,28). The first kappa shape index (κ1) is 26.6. The summed E-state index contributed by atoms with van der Waals surface area (Å²) in [6.45, 7) is 10.4. The summed E-state index contributed by atoms with van der Waals surface area (Å²) in [7, 11) is -4.13. The highest BCUT2D eigenvalue weighted by Gasteiger charge is 2.32. The topological polar surface area (TPSA) is 146 Å². The number of nitro groups is 1. The van der Waals surface area contributed by atoms with Crippen molar-refractivity contribution in [3.8, 4) is 11.6 Å². The molecule has 2 heterocycles. The molecule has 0 atom stereocenters. The molecule has 0 bridgehead atoms. The maximum Gasteiger partial charge on any atom is 0.272 e. The summed E-state index contributed by atoms with van der Waals surface area (Å²) < 4.78 is 40.8. The molecule has 0 radical (unpaired) electrons. The number of hydrogen-bond donors (Lipinski definition) is 1. The molecule has 2 aromatic rings. The number of hydrogen-bond acceptors (Lipinski definition) is 8. The van der Waals surface area contributed by atoms with Crippen LogP contribution in [-0.4, -0.2) is 66.2 Å². The Kier molecular flexibility index (Phi) is 8.13. The number of carbonyl (C=O) groups is 1. The van der Waals surface area contributed by atoms with Crippen molar-refractivity contribution in [2.45, 2.75) is 45.6 Å². The number of aromatic nitrogens is 2. The third-order valence-corrected chi connectivity index (χ3v) is 7.32. The normalized spacial score (nSPS) is 14.9. The van der Waals surface area contributed by atoms with Crippen LogP contribution in [-0.2, 0) is 14.8 Å². The van der Waals surface area contributed by atoms with E-state index in [0.717, 1.165) is 6.07 Å². The van der Waals surface area contributed by atoms with Crippen LogP contribution in [0.25, 0.3) is 0 Å². The fourth-order valence-corrected chi connectivity index (χ4v) is 5.04. The van der Waals surface area contributed by atoms with Gasteiger partial charge in [-0.25, -0.2) is 13.1 Å². The first-order valence-electron chi connectivity index (χ1n) is 11.3. The minimum Gasteiger partial charge on any atom is -0.438 e. The zero-order valence-corrected chi connectivity index (χ0v) is 21.3. The lowest BCUT2D eigenvalue weighted by Gasteiger charge is -2.26. The van der Waals surface area contributed by atoms with Crippen LogP contribution in [0.3, 0.4) is 0 Å². The number of morpholine rings is 1. The Morgan fingerprint density at radius 2 is 1.91 bits per heavy atom. The molecule has 1 aliphatic heterocycles. The van der Waals surface area contributed by atoms with E-state index in [1.807, 2.05) is 27.7 Å². The van der Waals surface area contributed by atoms with E-state index in [1.165, 1.54) is 21.1 Å². The van der Waals surface area contributed by atoms with E-state index in [9.17, 15) is 23.3 Å². The van der Waals surface area contributed by atoms with Gasteiger partial charge in [0.15, 0.2) is 5.69 Å². The van der Waals surface area contributed by atoms with Crippen LogP contribution in [0.2, 0.25) is 0 Å². The van der Waals surface area contributed by atoms with Gasteiger partial charge in [0.1, 0.15) is 10.6 Å². The first-order valence-corrected chi connectivity index (χ1v) is 12.8. The zero-order chi connectivity index (χ0) is 25.9. The third kappa shape index (κ3) is 5.80. The van der Waals surface area contributed by atoms with E-state index >= 15 is 0 Å². The van der Waals surface area contributed by atoms with Gasteiger partial charge >= 0.3 is 0 Å². The van der Waals surface area contributed by atoms with Gasteiger partial charge in [0.05, 0.1) is 24.2 Å². The third-order valence-electron chi connectivity index (χ3n) is 5.40. The van der Waals surface area contributed by atoms with E-state index in [1.54, 1.807) is 6.92 Å². The van der Waals surface area contributed by atoms with Crippen LogP contribution in [0.4, 0.5) is 5.69 Å². The van der Waals surface area contributed by atoms with Gasteiger partial charge in [-0.1, -0.05) is 13.8 Å². The van der Waals surface area contributed by atoms with Gasteiger partial charge in [-0.3, -0.25) is 14.9 Å². The quantitative estimate of drug-likeness (QED) is 0.401. The van der Waals surface area contributed by atoms with Crippen LogP contribution >= 0.6 is 0 Å². The van der Waals surface area contributed by atoms with Crippen LogP contribution in [0.5, 0.6) is 11.6 Å². The summed E-state index contributed by atoms with van der Waals surface area (Å²) in [5.74, 6) is -0.0383.